The Balaban J connectivity index is 0.00000225. The van der Waals surface area contributed by atoms with Gasteiger partial charge in [-0.3, -0.25) is 0 Å². The first kappa shape index (κ1) is 21.2. The van der Waals surface area contributed by atoms with E-state index in [1.807, 2.05) is 16.7 Å². The maximum atomic E-state index is 13.3. The number of nitrogens with zero attached hydrogens (tertiary/aromatic N) is 2. The SMILES string of the molecule is C[AsH]CC(=O)NC1CCC(n2c(=O)c3c(C)onc3c3c(Cl)cccc32)C1.Cl. The minimum absolute atomic E-state index is 0. The molecule has 1 aromatic carbocycles. The van der Waals surface area contributed by atoms with Gasteiger partial charge in [0.25, 0.3) is 0 Å². The van der Waals surface area contributed by atoms with Crippen LogP contribution in [0.2, 0.25) is 15.9 Å². The number of amides is 1. The van der Waals surface area contributed by atoms with Crippen molar-refractivity contribution in [3.05, 3.63) is 39.3 Å². The molecule has 0 bridgehead atoms. The van der Waals surface area contributed by atoms with Crippen molar-refractivity contribution in [1.82, 2.24) is 15.0 Å². The molecule has 3 atom stereocenters. The van der Waals surface area contributed by atoms with Gasteiger partial charge in [-0.25, -0.2) is 0 Å². The fraction of sp³-hybridized carbons (Fsp3) is 0.421. The van der Waals surface area contributed by atoms with Crippen molar-refractivity contribution in [1.29, 1.82) is 0 Å². The van der Waals surface area contributed by atoms with Crippen LogP contribution in [0, 0.1) is 6.92 Å². The molecule has 1 aliphatic rings. The average molecular weight is 486 g/mol. The number of hydrogen-bond donors (Lipinski definition) is 1. The number of fused-ring (bicyclic) bond motifs is 3. The minimum atomic E-state index is -0.183. The summed E-state index contributed by atoms with van der Waals surface area (Å²) in [6, 6.07) is 5.67. The number of halogens is 2. The van der Waals surface area contributed by atoms with Crippen LogP contribution in [0.5, 0.6) is 0 Å². The van der Waals surface area contributed by atoms with Crippen LogP contribution in [-0.4, -0.2) is 37.4 Å². The van der Waals surface area contributed by atoms with E-state index < -0.39 is 0 Å². The molecular formula is C19H22AsCl2N3O3. The van der Waals surface area contributed by atoms with E-state index in [0.29, 0.717) is 26.9 Å². The van der Waals surface area contributed by atoms with Gasteiger partial charge in [0.05, 0.1) is 0 Å². The molecule has 3 aromatic rings. The number of pyridine rings is 1. The van der Waals surface area contributed by atoms with Crippen molar-refractivity contribution in [2.24, 2.45) is 0 Å². The zero-order chi connectivity index (χ0) is 19.1. The van der Waals surface area contributed by atoms with Gasteiger partial charge in [0.2, 0.25) is 0 Å². The molecule has 1 aliphatic carbocycles. The van der Waals surface area contributed by atoms with Crippen molar-refractivity contribution in [3.8, 4) is 0 Å². The van der Waals surface area contributed by atoms with Crippen LogP contribution in [0.25, 0.3) is 21.8 Å². The maximum absolute atomic E-state index is 13.3. The Morgan fingerprint density at radius 1 is 1.39 bits per heavy atom. The summed E-state index contributed by atoms with van der Waals surface area (Å²) in [4.78, 5) is 25.3. The van der Waals surface area contributed by atoms with Gasteiger partial charge in [-0.05, 0) is 0 Å². The number of carbonyl (C=O) groups excluding carboxylic acids is 1. The first-order chi connectivity index (χ1) is 13.0. The molecule has 6 nitrogen and oxygen atoms in total. The van der Waals surface area contributed by atoms with Crippen LogP contribution in [0.15, 0.2) is 27.5 Å². The molecule has 2 heterocycles. The van der Waals surface area contributed by atoms with E-state index in [9.17, 15) is 9.59 Å². The summed E-state index contributed by atoms with van der Waals surface area (Å²) in [5.74, 6) is 0.634. The van der Waals surface area contributed by atoms with E-state index in [2.05, 4.69) is 16.2 Å². The molecule has 4 rings (SSSR count). The van der Waals surface area contributed by atoms with Crippen molar-refractivity contribution >= 4 is 67.5 Å². The van der Waals surface area contributed by atoms with Crippen LogP contribution in [-0.2, 0) is 4.79 Å². The van der Waals surface area contributed by atoms with Crippen LogP contribution < -0.4 is 10.9 Å². The number of rotatable bonds is 4. The number of carbonyl (C=O) groups is 1. The summed E-state index contributed by atoms with van der Waals surface area (Å²) in [7, 11) is 0. The van der Waals surface area contributed by atoms with Gasteiger partial charge in [0.1, 0.15) is 0 Å². The van der Waals surface area contributed by atoms with Crippen LogP contribution in [0.4, 0.5) is 0 Å². The zero-order valence-corrected chi connectivity index (χ0v) is 19.3. The van der Waals surface area contributed by atoms with E-state index in [1.165, 1.54) is 0 Å². The van der Waals surface area contributed by atoms with Crippen molar-refractivity contribution < 1.29 is 9.32 Å². The predicted molar refractivity (Wildman–Crippen MR) is 115 cm³/mol. The molecule has 1 saturated carbocycles. The topological polar surface area (TPSA) is 77.1 Å². The molecule has 0 saturated heterocycles. The minimum Gasteiger partial charge on any atom is -0.147 e. The molecule has 1 fully saturated rings. The predicted octanol–water partition coefficient (Wildman–Crippen LogP) is 3.64. The smallest absolute Gasteiger partial charge is 0.147 e. The van der Waals surface area contributed by atoms with E-state index in [0.717, 1.165) is 30.2 Å². The Morgan fingerprint density at radius 3 is 2.93 bits per heavy atom. The van der Waals surface area contributed by atoms with Gasteiger partial charge in [0, 0.05) is 0 Å². The van der Waals surface area contributed by atoms with Gasteiger partial charge in [-0.1, -0.05) is 0 Å². The molecule has 2 aromatic heterocycles. The summed E-state index contributed by atoms with van der Waals surface area (Å²) in [5, 5.41) is 9.65. The number of hydrogen-bond acceptors (Lipinski definition) is 4. The van der Waals surface area contributed by atoms with Gasteiger partial charge in [0.15, 0.2) is 0 Å². The molecule has 0 spiro atoms. The van der Waals surface area contributed by atoms with Crippen molar-refractivity contribution in [2.75, 3.05) is 0 Å². The fourth-order valence-electron chi connectivity index (χ4n) is 4.10. The number of benzene rings is 1. The molecule has 9 heteroatoms. The van der Waals surface area contributed by atoms with Gasteiger partial charge < -0.3 is 0 Å². The first-order valence-corrected chi connectivity index (χ1v) is 13.0. The van der Waals surface area contributed by atoms with Gasteiger partial charge >= 0.3 is 168 Å². The maximum Gasteiger partial charge on any atom is -0.147 e. The largest absolute Gasteiger partial charge is 0.147 e. The molecule has 0 radical (unpaired) electrons. The second kappa shape index (κ2) is 8.48. The molecule has 0 aliphatic heterocycles. The Labute approximate surface area is 180 Å². The average Bonchev–Trinajstić information content (AvgIpc) is 3.22. The second-order valence-electron chi connectivity index (χ2n) is 7.03. The second-order valence-corrected chi connectivity index (χ2v) is 9.67. The third-order valence-electron chi connectivity index (χ3n) is 5.26. The van der Waals surface area contributed by atoms with E-state index in [1.54, 1.807) is 13.0 Å². The van der Waals surface area contributed by atoms with Crippen molar-refractivity contribution in [2.45, 2.75) is 49.2 Å². The van der Waals surface area contributed by atoms with Crippen LogP contribution >= 0.6 is 24.0 Å². The number of nitrogens with one attached hydrogen (secondary N) is 1. The quantitative estimate of drug-likeness (QED) is 0.572. The Bertz CT molecular complexity index is 1100. The monoisotopic (exact) mass is 485 g/mol. The zero-order valence-electron chi connectivity index (χ0n) is 15.6. The van der Waals surface area contributed by atoms with E-state index in [4.69, 9.17) is 16.1 Å². The van der Waals surface area contributed by atoms with Gasteiger partial charge in [-0.15, -0.1) is 12.4 Å². The Kier molecular flexibility index (Phi) is 6.43. The number of aromatic nitrogens is 2. The molecule has 28 heavy (non-hydrogen) atoms. The van der Waals surface area contributed by atoms with E-state index in [-0.39, 0.29) is 51.7 Å². The third-order valence-corrected chi connectivity index (χ3v) is 6.99. The fourth-order valence-corrected chi connectivity index (χ4v) is 5.24. The summed E-state index contributed by atoms with van der Waals surface area (Å²) in [6.07, 6.45) is 2.45. The molecular weight excluding hydrogens is 464 g/mol. The molecule has 3 unspecified atom stereocenters. The van der Waals surface area contributed by atoms with Gasteiger partial charge in [-0.2, -0.15) is 0 Å². The first-order valence-electron chi connectivity index (χ1n) is 9.04. The number of aryl methyl sites for hydroxylation is 1. The molecule has 1 N–H and O–H groups in total. The summed E-state index contributed by atoms with van der Waals surface area (Å²) >= 11 is 6.28. The summed E-state index contributed by atoms with van der Waals surface area (Å²) < 4.78 is 7.13. The van der Waals surface area contributed by atoms with Crippen LogP contribution in [0.1, 0.15) is 31.1 Å². The normalized spacial score (nSPS) is 19.5. The summed E-state index contributed by atoms with van der Waals surface area (Å²) in [5.41, 5.74) is 3.30. The Morgan fingerprint density at radius 2 is 2.18 bits per heavy atom. The third kappa shape index (κ3) is 3.58. The Hall–Kier alpha value is -1.49. The van der Waals surface area contributed by atoms with Crippen LogP contribution in [0.3, 0.4) is 0 Å². The summed E-state index contributed by atoms with van der Waals surface area (Å²) in [6.45, 7) is 1.75. The molecule has 1 amide bonds. The molecule has 150 valence electrons. The van der Waals surface area contributed by atoms with E-state index >= 15 is 0 Å². The standard InChI is InChI=1S/C19H21AsClN3O3.ClH/c1-10-16-18(23-27-10)17-13(21)4-3-5-14(17)24(19(16)26)12-7-6-11(8-12)22-15(25)9-20-2;/h3-5,11-12,20H,6-9H2,1-2H3,(H,22,25);1H. The van der Waals surface area contributed by atoms with Crippen molar-refractivity contribution in [3.63, 3.8) is 0 Å².